The van der Waals surface area contributed by atoms with Gasteiger partial charge in [0.2, 0.25) is 0 Å². The van der Waals surface area contributed by atoms with Gasteiger partial charge in [0, 0.05) is 11.1 Å². The van der Waals surface area contributed by atoms with Crippen LogP contribution >= 0.6 is 11.8 Å². The van der Waals surface area contributed by atoms with Crippen LogP contribution in [-0.4, -0.2) is 11.4 Å². The molecule has 0 saturated heterocycles. The van der Waals surface area contributed by atoms with Crippen LogP contribution < -0.4 is 0 Å². The van der Waals surface area contributed by atoms with Crippen LogP contribution in [0.15, 0.2) is 114 Å². The summed E-state index contributed by atoms with van der Waals surface area (Å²) < 4.78 is 0. The molecule has 0 spiro atoms. The molecule has 0 unspecified atom stereocenters. The molecule has 0 aliphatic rings. The first-order chi connectivity index (χ1) is 13.7. The Morgan fingerprint density at radius 2 is 1.32 bits per heavy atom. The highest BCUT2D eigenvalue weighted by molar-refractivity contribution is 8.01. The van der Waals surface area contributed by atoms with Gasteiger partial charge in [0.15, 0.2) is 0 Å². The number of hydrogen-bond acceptors (Lipinski definition) is 2. The fourth-order valence-electron chi connectivity index (χ4n) is 2.99. The van der Waals surface area contributed by atoms with Gasteiger partial charge in [0.05, 0.1) is 0 Å². The van der Waals surface area contributed by atoms with Gasteiger partial charge in [-0.15, -0.1) is 11.8 Å². The summed E-state index contributed by atoms with van der Waals surface area (Å²) in [5, 5.41) is 13.9. The van der Waals surface area contributed by atoms with Gasteiger partial charge in [0.25, 0.3) is 0 Å². The molecular formula is C26H22OS. The van der Waals surface area contributed by atoms with Crippen molar-refractivity contribution < 1.29 is 5.11 Å². The molecule has 0 aliphatic heterocycles. The topological polar surface area (TPSA) is 20.2 Å². The van der Waals surface area contributed by atoms with Crippen LogP contribution in [0, 0.1) is 11.8 Å². The molecular weight excluding hydrogens is 360 g/mol. The van der Waals surface area contributed by atoms with Crippen molar-refractivity contribution in [2.75, 3.05) is 6.26 Å². The lowest BCUT2D eigenvalue weighted by Crippen LogP contribution is -2.29. The highest BCUT2D eigenvalue weighted by Crippen LogP contribution is 2.37. The summed E-state index contributed by atoms with van der Waals surface area (Å²) in [4.78, 5) is 0. The predicted molar refractivity (Wildman–Crippen MR) is 120 cm³/mol. The van der Waals surface area contributed by atoms with E-state index in [0.29, 0.717) is 0 Å². The van der Waals surface area contributed by atoms with Crippen LogP contribution in [0.5, 0.6) is 0 Å². The molecule has 1 N–H and O–H groups in total. The first-order valence-electron chi connectivity index (χ1n) is 9.05. The van der Waals surface area contributed by atoms with E-state index in [1.165, 1.54) is 0 Å². The average Bonchev–Trinajstić information content (AvgIpc) is 2.77. The minimum Gasteiger partial charge on any atom is -0.376 e. The van der Waals surface area contributed by atoms with E-state index >= 15 is 0 Å². The second-order valence-corrected chi connectivity index (χ2v) is 6.96. The second-order valence-electron chi connectivity index (χ2n) is 6.22. The van der Waals surface area contributed by atoms with Gasteiger partial charge < -0.3 is 5.11 Å². The maximum absolute atomic E-state index is 11.9. The Labute approximate surface area is 171 Å². The summed E-state index contributed by atoms with van der Waals surface area (Å²) in [5.41, 5.74) is 1.98. The minimum atomic E-state index is -1.29. The molecule has 0 aromatic heterocycles. The van der Waals surface area contributed by atoms with E-state index in [4.69, 9.17) is 0 Å². The Hall–Kier alpha value is -2.99. The first-order valence-corrected chi connectivity index (χ1v) is 10.3. The quantitative estimate of drug-likeness (QED) is 0.446. The maximum Gasteiger partial charge on any atom is 0.141 e. The summed E-state index contributed by atoms with van der Waals surface area (Å²) >= 11 is 1.59. The Morgan fingerprint density at radius 1 is 0.821 bits per heavy atom. The molecule has 0 amide bonds. The van der Waals surface area contributed by atoms with Crippen molar-refractivity contribution in [1.29, 1.82) is 0 Å². The van der Waals surface area contributed by atoms with Crippen molar-refractivity contribution in [2.45, 2.75) is 5.60 Å². The van der Waals surface area contributed by atoms with E-state index in [9.17, 15) is 5.11 Å². The van der Waals surface area contributed by atoms with Crippen molar-refractivity contribution in [3.05, 3.63) is 131 Å². The molecule has 28 heavy (non-hydrogen) atoms. The Bertz CT molecular complexity index is 954. The molecule has 0 heterocycles. The Balaban J connectivity index is 2.14. The molecule has 0 bridgehead atoms. The lowest BCUT2D eigenvalue weighted by atomic mass is 9.80. The van der Waals surface area contributed by atoms with Crippen molar-refractivity contribution in [2.24, 2.45) is 0 Å². The van der Waals surface area contributed by atoms with Crippen LogP contribution in [0.25, 0.3) is 0 Å². The van der Waals surface area contributed by atoms with Crippen LogP contribution in [0.1, 0.15) is 16.7 Å². The third-order valence-electron chi connectivity index (χ3n) is 4.40. The molecule has 0 atom stereocenters. The molecule has 0 saturated carbocycles. The van der Waals surface area contributed by atoms with E-state index in [2.05, 4.69) is 11.8 Å². The molecule has 0 aliphatic carbocycles. The predicted octanol–water partition coefficient (Wildman–Crippen LogP) is 5.78. The summed E-state index contributed by atoms with van der Waals surface area (Å²) in [6.07, 6.45) is 5.73. The van der Waals surface area contributed by atoms with Gasteiger partial charge in [0.1, 0.15) is 5.60 Å². The normalized spacial score (nSPS) is 11.9. The number of benzene rings is 3. The molecule has 0 fully saturated rings. The lowest BCUT2D eigenvalue weighted by Gasteiger charge is -2.30. The Kier molecular flexibility index (Phi) is 6.92. The van der Waals surface area contributed by atoms with E-state index < -0.39 is 5.60 Å². The van der Waals surface area contributed by atoms with Crippen molar-refractivity contribution in [3.63, 3.8) is 0 Å². The second kappa shape index (κ2) is 9.80. The zero-order chi connectivity index (χ0) is 19.7. The molecule has 138 valence electrons. The average molecular weight is 383 g/mol. The summed E-state index contributed by atoms with van der Waals surface area (Å²) in [6.45, 7) is 0. The number of rotatable bonds is 5. The molecule has 3 rings (SSSR count). The zero-order valence-corrected chi connectivity index (χ0v) is 16.6. The SMILES string of the molecule is CS/C=C/C(=C\C#Cc1ccccc1)C(O)(c1ccccc1)c1ccccc1. The number of aliphatic hydroxyl groups is 1. The first kappa shape index (κ1) is 19.8. The number of thioether (sulfide) groups is 1. The minimum absolute atomic E-state index is 0.725. The zero-order valence-electron chi connectivity index (χ0n) is 15.7. The van der Waals surface area contributed by atoms with E-state index in [1.807, 2.05) is 109 Å². The van der Waals surface area contributed by atoms with Gasteiger partial charge in [-0.05, 0) is 47.1 Å². The maximum atomic E-state index is 11.9. The van der Waals surface area contributed by atoms with E-state index in [1.54, 1.807) is 17.8 Å². The molecule has 3 aromatic carbocycles. The van der Waals surface area contributed by atoms with Crippen LogP contribution in [0.3, 0.4) is 0 Å². The van der Waals surface area contributed by atoms with Gasteiger partial charge in [-0.3, -0.25) is 0 Å². The van der Waals surface area contributed by atoms with E-state index in [0.717, 1.165) is 22.3 Å². The van der Waals surface area contributed by atoms with Crippen molar-refractivity contribution >= 4 is 11.8 Å². The summed E-state index contributed by atoms with van der Waals surface area (Å²) in [7, 11) is 0. The van der Waals surface area contributed by atoms with Gasteiger partial charge in [-0.2, -0.15) is 0 Å². The Morgan fingerprint density at radius 3 is 1.82 bits per heavy atom. The lowest BCUT2D eigenvalue weighted by molar-refractivity contribution is 0.125. The highest BCUT2D eigenvalue weighted by atomic mass is 32.2. The monoisotopic (exact) mass is 382 g/mol. The number of hydrogen-bond donors (Lipinski definition) is 1. The molecule has 1 nitrogen and oxygen atoms in total. The van der Waals surface area contributed by atoms with Crippen LogP contribution in [0.4, 0.5) is 0 Å². The highest BCUT2D eigenvalue weighted by Gasteiger charge is 2.34. The van der Waals surface area contributed by atoms with E-state index in [-0.39, 0.29) is 0 Å². The van der Waals surface area contributed by atoms with Crippen molar-refractivity contribution in [3.8, 4) is 11.8 Å². The van der Waals surface area contributed by atoms with Gasteiger partial charge in [-0.25, -0.2) is 0 Å². The molecule has 0 radical (unpaired) electrons. The van der Waals surface area contributed by atoms with Gasteiger partial charge in [-0.1, -0.05) is 90.7 Å². The third-order valence-corrected chi connectivity index (χ3v) is 4.81. The molecule has 3 aromatic rings. The fraction of sp³-hybridized carbons (Fsp3) is 0.0769. The standard InChI is InChI=1S/C26H22OS/c1-28-21-20-25(19-11-14-22-12-5-2-6-13-22)26(27,23-15-7-3-8-16-23)24-17-9-4-10-18-24/h2-10,12-13,15-21,27H,1H3/b21-20+,25-19+. The van der Waals surface area contributed by atoms with Crippen molar-refractivity contribution in [1.82, 2.24) is 0 Å². The van der Waals surface area contributed by atoms with Crippen LogP contribution in [0.2, 0.25) is 0 Å². The van der Waals surface area contributed by atoms with Gasteiger partial charge >= 0.3 is 0 Å². The molecule has 2 heteroatoms. The largest absolute Gasteiger partial charge is 0.376 e. The summed E-state index contributed by atoms with van der Waals surface area (Å²) in [6, 6.07) is 29.3. The fourth-order valence-corrected chi connectivity index (χ4v) is 3.27. The smallest absolute Gasteiger partial charge is 0.141 e. The van der Waals surface area contributed by atoms with Crippen LogP contribution in [-0.2, 0) is 5.60 Å². The third kappa shape index (κ3) is 4.64. The number of allylic oxidation sites excluding steroid dienone is 1. The summed E-state index contributed by atoms with van der Waals surface area (Å²) in [5.74, 6) is 6.27.